The van der Waals surface area contributed by atoms with Crippen LogP contribution in [0, 0.1) is 11.8 Å². The molecule has 1 nitrogen and oxygen atoms in total. The van der Waals surface area contributed by atoms with E-state index < -0.39 is 0 Å². The summed E-state index contributed by atoms with van der Waals surface area (Å²) in [6.45, 7) is 3.50. The predicted molar refractivity (Wildman–Crippen MR) is 84.0 cm³/mol. The molecule has 0 N–H and O–H groups in total. The molecule has 0 aliphatic rings. The lowest BCUT2D eigenvalue weighted by atomic mass is 10.0. The molecule has 0 aliphatic heterocycles. The van der Waals surface area contributed by atoms with Crippen molar-refractivity contribution in [3.05, 3.63) is 84.9 Å². The van der Waals surface area contributed by atoms with Gasteiger partial charge in [-0.3, -0.25) is 0 Å². The van der Waals surface area contributed by atoms with Crippen LogP contribution < -0.4 is 0 Å². The van der Waals surface area contributed by atoms with Crippen molar-refractivity contribution in [1.82, 2.24) is 0 Å². The molecule has 3 aromatic rings. The zero-order valence-electron chi connectivity index (χ0n) is 11.1. The molecule has 0 atom stereocenters. The predicted octanol–water partition coefficient (Wildman–Crippen LogP) is 5.16. The van der Waals surface area contributed by atoms with Gasteiger partial charge in [0.2, 0.25) is 0 Å². The molecular weight excluding hydrogens is 242 g/mol. The number of rotatable bonds is 2. The largest absolute Gasteiger partial charge is 0.202 e. The molecule has 0 unspecified atom stereocenters. The molecule has 0 amide bonds. The lowest BCUT2D eigenvalue weighted by molar-refractivity contribution is 1.58. The number of nitriles is 1. The molecule has 0 saturated carbocycles. The summed E-state index contributed by atoms with van der Waals surface area (Å²) >= 11 is 0. The Bertz CT molecular complexity index is 594. The van der Waals surface area contributed by atoms with Crippen LogP contribution in [-0.2, 0) is 0 Å². The Morgan fingerprint density at radius 2 is 0.650 bits per heavy atom. The van der Waals surface area contributed by atoms with Crippen LogP contribution in [0.15, 0.2) is 84.9 Å². The minimum atomic E-state index is 1.26. The van der Waals surface area contributed by atoms with Gasteiger partial charge in [0.05, 0.1) is 0 Å². The first-order chi connectivity index (χ1) is 9.93. The second kappa shape index (κ2) is 6.92. The first-order valence-electron chi connectivity index (χ1n) is 6.40. The summed E-state index contributed by atoms with van der Waals surface area (Å²) in [5.74, 6) is 0. The molecule has 3 aromatic carbocycles. The van der Waals surface area contributed by atoms with Crippen LogP contribution in [0.25, 0.3) is 22.3 Å². The molecule has 0 spiro atoms. The summed E-state index contributed by atoms with van der Waals surface area (Å²) in [6, 6.07) is 29.6. The highest BCUT2D eigenvalue weighted by molar-refractivity contribution is 5.70. The van der Waals surface area contributed by atoms with Crippen LogP contribution in [-0.4, -0.2) is 0 Å². The molecule has 20 heavy (non-hydrogen) atoms. The van der Waals surface area contributed by atoms with Gasteiger partial charge in [-0.1, -0.05) is 84.9 Å². The zero-order chi connectivity index (χ0) is 14.2. The topological polar surface area (TPSA) is 23.8 Å². The van der Waals surface area contributed by atoms with Crippen LogP contribution in [0.4, 0.5) is 0 Å². The molecule has 0 bridgehead atoms. The Labute approximate surface area is 119 Å². The van der Waals surface area contributed by atoms with Crippen molar-refractivity contribution < 1.29 is 0 Å². The molecule has 1 heteroatoms. The van der Waals surface area contributed by atoms with Crippen molar-refractivity contribution in [2.45, 2.75) is 0 Å². The van der Waals surface area contributed by atoms with Gasteiger partial charge in [0.25, 0.3) is 0 Å². The second-order valence-electron chi connectivity index (χ2n) is 4.31. The highest BCUT2D eigenvalue weighted by Crippen LogP contribution is 2.24. The second-order valence-corrected chi connectivity index (χ2v) is 4.31. The van der Waals surface area contributed by atoms with Crippen LogP contribution in [0.5, 0.6) is 0 Å². The summed E-state index contributed by atoms with van der Waals surface area (Å²) in [7, 11) is 0. The lowest BCUT2D eigenvalue weighted by Gasteiger charge is -2.04. The number of hydrogen-bond donors (Lipinski definition) is 0. The Morgan fingerprint density at radius 3 is 0.950 bits per heavy atom. The van der Waals surface area contributed by atoms with Gasteiger partial charge in [0.15, 0.2) is 0 Å². The molecule has 0 fully saturated rings. The zero-order valence-corrected chi connectivity index (χ0v) is 11.1. The van der Waals surface area contributed by atoms with Gasteiger partial charge in [0.1, 0.15) is 0 Å². The standard InChI is InChI=1S/C18H14.CHN/c1-3-7-15(8-4-1)17-11-13-18(14-12-17)16-9-5-2-6-10-16;1-2/h1-14H;1H. The highest BCUT2D eigenvalue weighted by atomic mass is 14.2. The summed E-state index contributed by atoms with van der Waals surface area (Å²) in [6.07, 6.45) is 0. The summed E-state index contributed by atoms with van der Waals surface area (Å²) in [5.41, 5.74) is 5.04. The van der Waals surface area contributed by atoms with Crippen LogP contribution in [0.2, 0.25) is 0 Å². The van der Waals surface area contributed by atoms with Crippen molar-refractivity contribution in [2.75, 3.05) is 0 Å². The number of nitrogens with zero attached hydrogens (tertiary/aromatic N) is 1. The van der Waals surface area contributed by atoms with E-state index in [0.717, 1.165) is 0 Å². The normalized spacial score (nSPS) is 9.30. The van der Waals surface area contributed by atoms with E-state index in [1.807, 2.05) is 12.1 Å². The Hall–Kier alpha value is -2.85. The Morgan fingerprint density at radius 1 is 0.400 bits per heavy atom. The van der Waals surface area contributed by atoms with E-state index in [-0.39, 0.29) is 0 Å². The van der Waals surface area contributed by atoms with E-state index in [0.29, 0.717) is 0 Å². The monoisotopic (exact) mass is 257 g/mol. The summed E-state index contributed by atoms with van der Waals surface area (Å²) in [5, 5.41) is 6.50. The van der Waals surface area contributed by atoms with Crippen molar-refractivity contribution in [3.63, 3.8) is 0 Å². The van der Waals surface area contributed by atoms with E-state index in [9.17, 15) is 0 Å². The van der Waals surface area contributed by atoms with Gasteiger partial charge in [-0.2, -0.15) is 0 Å². The maximum Gasteiger partial charge on any atom is 0.0462 e. The van der Waals surface area contributed by atoms with E-state index >= 15 is 0 Å². The maximum atomic E-state index is 6.50. The maximum absolute atomic E-state index is 6.50. The van der Waals surface area contributed by atoms with Crippen LogP contribution in [0.1, 0.15) is 0 Å². The van der Waals surface area contributed by atoms with E-state index in [2.05, 4.69) is 79.4 Å². The highest BCUT2D eigenvalue weighted by Gasteiger charge is 1.98. The third-order valence-electron chi connectivity index (χ3n) is 3.10. The first kappa shape index (κ1) is 13.6. The molecule has 0 aromatic heterocycles. The third-order valence-corrected chi connectivity index (χ3v) is 3.10. The third kappa shape index (κ3) is 3.13. The minimum absolute atomic E-state index is 1.26. The summed E-state index contributed by atoms with van der Waals surface area (Å²) < 4.78 is 0. The fourth-order valence-corrected chi connectivity index (χ4v) is 2.12. The first-order valence-corrected chi connectivity index (χ1v) is 6.40. The van der Waals surface area contributed by atoms with Gasteiger partial charge in [0, 0.05) is 6.57 Å². The fraction of sp³-hybridized carbons (Fsp3) is 0. The van der Waals surface area contributed by atoms with E-state index in [4.69, 9.17) is 5.26 Å². The lowest BCUT2D eigenvalue weighted by Crippen LogP contribution is -1.79. The SMILES string of the molecule is C#N.c1ccc(-c2ccc(-c3ccccc3)cc2)cc1. The van der Waals surface area contributed by atoms with Gasteiger partial charge in [-0.25, -0.2) is 5.26 Å². The van der Waals surface area contributed by atoms with Crippen molar-refractivity contribution in [2.24, 2.45) is 0 Å². The van der Waals surface area contributed by atoms with Gasteiger partial charge >= 0.3 is 0 Å². The van der Waals surface area contributed by atoms with Gasteiger partial charge in [-0.15, -0.1) is 0 Å². The quantitative estimate of drug-likeness (QED) is 0.622. The van der Waals surface area contributed by atoms with Crippen LogP contribution in [0.3, 0.4) is 0 Å². The molecule has 0 aliphatic carbocycles. The summed E-state index contributed by atoms with van der Waals surface area (Å²) in [4.78, 5) is 0. The smallest absolute Gasteiger partial charge is 0.0462 e. The Balaban J connectivity index is 0.000000704. The van der Waals surface area contributed by atoms with Gasteiger partial charge < -0.3 is 0 Å². The van der Waals surface area contributed by atoms with Crippen molar-refractivity contribution in [3.8, 4) is 28.8 Å². The molecule has 3 rings (SSSR count). The van der Waals surface area contributed by atoms with E-state index in [1.54, 1.807) is 0 Å². The molecule has 96 valence electrons. The molecule has 0 radical (unpaired) electrons. The number of hydrogen-bond acceptors (Lipinski definition) is 1. The molecule has 0 saturated heterocycles. The van der Waals surface area contributed by atoms with Crippen molar-refractivity contribution >= 4 is 0 Å². The molecular formula is C19H15N. The van der Waals surface area contributed by atoms with E-state index in [1.165, 1.54) is 22.3 Å². The van der Waals surface area contributed by atoms with Gasteiger partial charge in [-0.05, 0) is 22.3 Å². The fourth-order valence-electron chi connectivity index (χ4n) is 2.12. The van der Waals surface area contributed by atoms with Crippen molar-refractivity contribution in [1.29, 1.82) is 5.26 Å². The number of benzene rings is 3. The average molecular weight is 257 g/mol. The van der Waals surface area contributed by atoms with Crippen LogP contribution >= 0.6 is 0 Å². The Kier molecular flexibility index (Phi) is 4.70. The molecule has 0 heterocycles. The minimum Gasteiger partial charge on any atom is -0.202 e. The average Bonchev–Trinajstić information content (AvgIpc) is 2.58.